The maximum atomic E-state index is 14.6. The Labute approximate surface area is 241 Å². The number of halogens is 1. The van der Waals surface area contributed by atoms with Gasteiger partial charge in [-0.3, -0.25) is 14.2 Å². The zero-order valence-electron chi connectivity index (χ0n) is 23.3. The molecule has 3 aliphatic heterocycles. The highest BCUT2D eigenvalue weighted by Gasteiger charge is 2.35. The molecule has 14 nitrogen and oxygen atoms in total. The van der Waals surface area contributed by atoms with Crippen molar-refractivity contribution in [3.63, 3.8) is 0 Å². The topological polar surface area (TPSA) is 164 Å². The number of morpholine rings is 1. The van der Waals surface area contributed by atoms with E-state index in [9.17, 15) is 32.3 Å². The summed E-state index contributed by atoms with van der Waals surface area (Å²) in [5, 5.41) is 12.9. The van der Waals surface area contributed by atoms with E-state index < -0.39 is 44.4 Å². The molecule has 16 heteroatoms. The molecule has 4 heterocycles. The molecule has 2 N–H and O–H groups in total. The van der Waals surface area contributed by atoms with Gasteiger partial charge in [0.25, 0.3) is 11.5 Å². The molecule has 0 saturated carbocycles. The highest BCUT2D eigenvalue weighted by atomic mass is 32.2. The summed E-state index contributed by atoms with van der Waals surface area (Å²) in [7, 11) is -4.11. The Hall–Kier alpha value is -3.60. The highest BCUT2D eigenvalue weighted by Crippen LogP contribution is 2.27. The van der Waals surface area contributed by atoms with Crippen molar-refractivity contribution in [3.8, 4) is 5.75 Å². The highest BCUT2D eigenvalue weighted by molar-refractivity contribution is 7.89. The zero-order chi connectivity index (χ0) is 30.2. The van der Waals surface area contributed by atoms with Gasteiger partial charge in [-0.15, -0.1) is 0 Å². The monoisotopic (exact) mass is 608 g/mol. The number of hydrogen-bond acceptors (Lipinski definition) is 9. The number of hydrogen-bond donors (Lipinski definition) is 2. The Balaban J connectivity index is 1.27. The van der Waals surface area contributed by atoms with Crippen LogP contribution in [0.5, 0.6) is 5.75 Å². The number of fused-ring (bicyclic) bond motifs is 1. The van der Waals surface area contributed by atoms with Gasteiger partial charge in [0.05, 0.1) is 31.3 Å². The fourth-order valence-electron chi connectivity index (χ4n) is 5.19. The van der Waals surface area contributed by atoms with Crippen molar-refractivity contribution in [1.82, 2.24) is 29.0 Å². The van der Waals surface area contributed by atoms with Crippen molar-refractivity contribution < 1.29 is 37.0 Å². The predicted molar refractivity (Wildman–Crippen MR) is 145 cm³/mol. The Bertz CT molecular complexity index is 1550. The van der Waals surface area contributed by atoms with Gasteiger partial charge in [-0.05, 0) is 37.6 Å². The number of sulfonamides is 1. The second-order valence-corrected chi connectivity index (χ2v) is 12.6. The van der Waals surface area contributed by atoms with Crippen LogP contribution in [0.15, 0.2) is 27.9 Å². The lowest BCUT2D eigenvalue weighted by Gasteiger charge is -2.38. The fourth-order valence-corrected chi connectivity index (χ4v) is 6.69. The summed E-state index contributed by atoms with van der Waals surface area (Å²) in [6.45, 7) is 5.79. The summed E-state index contributed by atoms with van der Waals surface area (Å²) in [6.07, 6.45) is 0. The van der Waals surface area contributed by atoms with Crippen molar-refractivity contribution in [2.75, 3.05) is 59.1 Å². The number of rotatable bonds is 5. The van der Waals surface area contributed by atoms with Crippen molar-refractivity contribution >= 4 is 22.0 Å². The van der Waals surface area contributed by atoms with Gasteiger partial charge in [0, 0.05) is 45.8 Å². The Morgan fingerprint density at radius 1 is 1.02 bits per heavy atom. The van der Waals surface area contributed by atoms with Crippen LogP contribution in [0, 0.1) is 5.82 Å². The van der Waals surface area contributed by atoms with Crippen LogP contribution in [-0.4, -0.2) is 108 Å². The van der Waals surface area contributed by atoms with Gasteiger partial charge in [0.2, 0.25) is 15.8 Å². The fraction of sp³-hybridized carbons (Fsp3) is 0.538. The molecule has 0 bridgehead atoms. The summed E-state index contributed by atoms with van der Waals surface area (Å²) >= 11 is 0. The normalized spacial score (nSPS) is 19.3. The Morgan fingerprint density at radius 3 is 2.38 bits per heavy atom. The molecule has 2 saturated heterocycles. The number of nitrogens with zero attached hydrogens (tertiary/aromatic N) is 5. The minimum absolute atomic E-state index is 0.0415. The first-order valence-corrected chi connectivity index (χ1v) is 15.0. The van der Waals surface area contributed by atoms with Crippen LogP contribution in [0.1, 0.15) is 35.7 Å². The molecular formula is C26H33FN6O8S. The molecule has 1 aromatic heterocycles. The maximum absolute atomic E-state index is 14.6. The third kappa shape index (κ3) is 5.84. The molecule has 5 rings (SSSR count). The van der Waals surface area contributed by atoms with Crippen LogP contribution in [0.4, 0.5) is 9.18 Å². The first kappa shape index (κ1) is 29.9. The number of aromatic hydroxyl groups is 1. The van der Waals surface area contributed by atoms with E-state index in [1.165, 1.54) is 14.9 Å². The lowest BCUT2D eigenvalue weighted by molar-refractivity contribution is -0.0566. The quantitative estimate of drug-likeness (QED) is 0.477. The number of carbonyl (C=O) groups is 2. The first-order valence-electron chi connectivity index (χ1n) is 13.6. The van der Waals surface area contributed by atoms with Crippen LogP contribution < -0.4 is 10.9 Å². The number of aromatic nitrogens is 2. The summed E-state index contributed by atoms with van der Waals surface area (Å²) in [5.41, 5.74) is -2.14. The number of piperazine rings is 1. The average Bonchev–Trinajstić information content (AvgIpc) is 2.97. The van der Waals surface area contributed by atoms with Gasteiger partial charge < -0.3 is 29.7 Å². The summed E-state index contributed by atoms with van der Waals surface area (Å²) in [5.74, 6) is -2.38. The van der Waals surface area contributed by atoms with Crippen LogP contribution in [0.2, 0.25) is 0 Å². The van der Waals surface area contributed by atoms with Crippen molar-refractivity contribution in [1.29, 1.82) is 0 Å². The van der Waals surface area contributed by atoms with Crippen LogP contribution in [0.25, 0.3) is 0 Å². The van der Waals surface area contributed by atoms with E-state index in [4.69, 9.17) is 9.47 Å². The van der Waals surface area contributed by atoms with E-state index in [1.54, 1.807) is 23.6 Å². The van der Waals surface area contributed by atoms with Gasteiger partial charge in [-0.1, -0.05) is 0 Å². The van der Waals surface area contributed by atoms with E-state index >= 15 is 0 Å². The number of ether oxygens (including phenoxy) is 2. The van der Waals surface area contributed by atoms with Crippen LogP contribution >= 0.6 is 0 Å². The van der Waals surface area contributed by atoms with Crippen LogP contribution in [-0.2, 0) is 38.2 Å². The predicted octanol–water partition coefficient (Wildman–Crippen LogP) is 0.0418. The Kier molecular flexibility index (Phi) is 8.24. The summed E-state index contributed by atoms with van der Waals surface area (Å²) < 4.78 is 54.6. The molecule has 0 spiro atoms. The van der Waals surface area contributed by atoms with Gasteiger partial charge in [0.15, 0.2) is 5.69 Å². The second-order valence-electron chi connectivity index (χ2n) is 10.7. The molecule has 0 radical (unpaired) electrons. The van der Waals surface area contributed by atoms with Gasteiger partial charge in [-0.2, -0.15) is 4.31 Å². The third-order valence-electron chi connectivity index (χ3n) is 7.49. The molecule has 0 atom stereocenters. The average molecular weight is 609 g/mol. The van der Waals surface area contributed by atoms with Gasteiger partial charge >= 0.3 is 6.03 Å². The first-order chi connectivity index (χ1) is 19.9. The molecule has 228 valence electrons. The van der Waals surface area contributed by atoms with E-state index in [0.29, 0.717) is 26.3 Å². The standard InChI is InChI=1S/C26H33FN6O8S/c1-26(2)24-29-20(21(34)23(36)33(24)9-12-41-26)22(35)28-16-17-13-18(27)15-19(14-17)42(38,39)32-5-3-30(4-6-32)25(37)31-7-10-40-11-8-31/h13-15,34H,3-12,16H2,1-2H3,(H,28,35). The summed E-state index contributed by atoms with van der Waals surface area (Å²) in [6, 6.07) is 3.05. The molecule has 2 fully saturated rings. The molecule has 0 aliphatic carbocycles. The van der Waals surface area contributed by atoms with Gasteiger partial charge in [-0.25, -0.2) is 22.6 Å². The third-order valence-corrected chi connectivity index (χ3v) is 9.37. The molecule has 1 aromatic carbocycles. The summed E-state index contributed by atoms with van der Waals surface area (Å²) in [4.78, 5) is 45.5. The SMILES string of the molecule is CC1(C)OCCn2c1nc(C(=O)NCc1cc(F)cc(S(=O)(=O)N3CCN(C(=O)N4CCOCC4)CC3)c1)c(O)c2=O. The van der Waals surface area contributed by atoms with Crippen LogP contribution in [0.3, 0.4) is 0 Å². The molecule has 2 aromatic rings. The molecule has 3 amide bonds. The molecule has 0 unspecified atom stereocenters. The number of amides is 3. The zero-order valence-corrected chi connectivity index (χ0v) is 24.2. The molecule has 3 aliphatic rings. The number of nitrogens with one attached hydrogen (secondary N) is 1. The van der Waals surface area contributed by atoms with E-state index in [1.807, 2.05) is 0 Å². The van der Waals surface area contributed by atoms with Crippen molar-refractivity contribution in [2.24, 2.45) is 0 Å². The molecular weight excluding hydrogens is 575 g/mol. The van der Waals surface area contributed by atoms with E-state index in [0.717, 1.165) is 12.1 Å². The number of carbonyl (C=O) groups excluding carboxylic acids is 2. The molecule has 42 heavy (non-hydrogen) atoms. The van der Waals surface area contributed by atoms with E-state index in [2.05, 4.69) is 10.3 Å². The second kappa shape index (κ2) is 11.6. The largest absolute Gasteiger partial charge is 0.501 e. The smallest absolute Gasteiger partial charge is 0.320 e. The number of urea groups is 1. The lowest BCUT2D eigenvalue weighted by atomic mass is 10.1. The minimum Gasteiger partial charge on any atom is -0.501 e. The minimum atomic E-state index is -4.11. The van der Waals surface area contributed by atoms with E-state index in [-0.39, 0.29) is 68.2 Å². The number of benzene rings is 1. The van der Waals surface area contributed by atoms with Crippen molar-refractivity contribution in [2.45, 2.75) is 37.4 Å². The van der Waals surface area contributed by atoms with Gasteiger partial charge in [0.1, 0.15) is 17.2 Å². The van der Waals surface area contributed by atoms with Crippen molar-refractivity contribution in [3.05, 3.63) is 51.5 Å². The lowest BCUT2D eigenvalue weighted by Crippen LogP contribution is -2.55. The maximum Gasteiger partial charge on any atom is 0.320 e. The Morgan fingerprint density at radius 2 is 1.69 bits per heavy atom.